The molecule has 0 radical (unpaired) electrons. The van der Waals surface area contributed by atoms with Crippen molar-refractivity contribution in [2.75, 3.05) is 6.61 Å². The summed E-state index contributed by atoms with van der Waals surface area (Å²) in [5.74, 6) is -1.86. The smallest absolute Gasteiger partial charge is 0.311 e. The van der Waals surface area contributed by atoms with E-state index < -0.39 is 16.8 Å². The maximum Gasteiger partial charge on any atom is 0.311 e. The molecule has 0 heterocycles. The van der Waals surface area contributed by atoms with Crippen LogP contribution in [0.2, 0.25) is 0 Å². The highest BCUT2D eigenvalue weighted by Crippen LogP contribution is 2.31. The monoisotopic (exact) mass is 345 g/mol. The summed E-state index contributed by atoms with van der Waals surface area (Å²) in [5, 5.41) is 30.3. The summed E-state index contributed by atoms with van der Waals surface area (Å²) in [6.07, 6.45) is 0.783. The van der Waals surface area contributed by atoms with Crippen molar-refractivity contribution in [3.05, 3.63) is 63.7 Å². The van der Waals surface area contributed by atoms with Crippen molar-refractivity contribution in [1.29, 1.82) is 0 Å². The van der Waals surface area contributed by atoms with Gasteiger partial charge in [-0.2, -0.15) is 0 Å². The molecule has 0 aliphatic heterocycles. The van der Waals surface area contributed by atoms with Crippen LogP contribution in [-0.4, -0.2) is 27.7 Å². The van der Waals surface area contributed by atoms with E-state index in [2.05, 4.69) is 0 Å². The molecule has 0 saturated heterocycles. The third kappa shape index (κ3) is 4.69. The number of nitro groups is 1. The number of aliphatic carboxylic acids is 1. The zero-order valence-corrected chi connectivity index (χ0v) is 13.7. The molecule has 2 N–H and O–H groups in total. The van der Waals surface area contributed by atoms with E-state index in [1.165, 1.54) is 24.3 Å². The van der Waals surface area contributed by atoms with Crippen molar-refractivity contribution in [2.45, 2.75) is 25.7 Å². The molecule has 0 bridgehead atoms. The summed E-state index contributed by atoms with van der Waals surface area (Å²) >= 11 is 0. The largest absolute Gasteiger partial charge is 0.508 e. The number of nitrogens with zero attached hydrogens (tertiary/aromatic N) is 1. The molecule has 1 atom stereocenters. The normalized spacial score (nSPS) is 11.7. The number of carboxylic acids is 1. The second-order valence-corrected chi connectivity index (χ2v) is 5.60. The summed E-state index contributed by atoms with van der Waals surface area (Å²) in [4.78, 5) is 22.3. The Hall–Kier alpha value is -3.09. The lowest BCUT2D eigenvalue weighted by atomic mass is 9.91. The summed E-state index contributed by atoms with van der Waals surface area (Å²) in [6, 6.07) is 10.4. The van der Waals surface area contributed by atoms with E-state index >= 15 is 0 Å². The Morgan fingerprint density at radius 2 is 2.04 bits per heavy atom. The van der Waals surface area contributed by atoms with Crippen LogP contribution in [0.3, 0.4) is 0 Å². The van der Waals surface area contributed by atoms with Crippen molar-refractivity contribution in [2.24, 2.45) is 0 Å². The van der Waals surface area contributed by atoms with Crippen molar-refractivity contribution >= 4 is 11.7 Å². The van der Waals surface area contributed by atoms with Gasteiger partial charge in [-0.15, -0.1) is 0 Å². The molecule has 0 fully saturated rings. The standard InChI is InChI=1S/C18H19NO6/c1-2-8-25-17-7-6-12(10-16(17)19(23)24)9-15(18(21)22)13-4-3-5-14(20)11-13/h3-7,10-11,15,20H,2,8-9H2,1H3,(H,21,22). The van der Waals surface area contributed by atoms with Crippen LogP contribution in [0, 0.1) is 10.1 Å². The quantitative estimate of drug-likeness (QED) is 0.560. The van der Waals surface area contributed by atoms with Crippen LogP contribution in [0.4, 0.5) is 5.69 Å². The summed E-state index contributed by atoms with van der Waals surface area (Å²) in [6.45, 7) is 2.26. The topological polar surface area (TPSA) is 110 Å². The Balaban J connectivity index is 2.32. The fraction of sp³-hybridized carbons (Fsp3) is 0.278. The zero-order chi connectivity index (χ0) is 18.4. The van der Waals surface area contributed by atoms with Crippen LogP contribution < -0.4 is 4.74 Å². The number of benzene rings is 2. The average molecular weight is 345 g/mol. The molecule has 0 aromatic heterocycles. The number of phenols is 1. The molecule has 7 nitrogen and oxygen atoms in total. The molecule has 7 heteroatoms. The average Bonchev–Trinajstić information content (AvgIpc) is 2.57. The molecule has 25 heavy (non-hydrogen) atoms. The van der Waals surface area contributed by atoms with Crippen molar-refractivity contribution < 1.29 is 24.7 Å². The molecule has 1 unspecified atom stereocenters. The molecule has 2 aromatic rings. The molecule has 0 saturated carbocycles. The van der Waals surface area contributed by atoms with Crippen LogP contribution in [-0.2, 0) is 11.2 Å². The Morgan fingerprint density at radius 1 is 1.28 bits per heavy atom. The highest BCUT2D eigenvalue weighted by atomic mass is 16.6. The number of aromatic hydroxyl groups is 1. The highest BCUT2D eigenvalue weighted by molar-refractivity contribution is 5.76. The first-order valence-electron chi connectivity index (χ1n) is 7.84. The molecule has 2 rings (SSSR count). The maximum atomic E-state index is 11.6. The number of hydrogen-bond acceptors (Lipinski definition) is 5. The van der Waals surface area contributed by atoms with Gasteiger partial charge in [0.05, 0.1) is 17.4 Å². The van der Waals surface area contributed by atoms with E-state index in [-0.39, 0.29) is 23.6 Å². The van der Waals surface area contributed by atoms with Crippen molar-refractivity contribution in [1.82, 2.24) is 0 Å². The second-order valence-electron chi connectivity index (χ2n) is 5.60. The number of rotatable bonds is 8. The van der Waals surface area contributed by atoms with Crippen LogP contribution in [0.15, 0.2) is 42.5 Å². The van der Waals surface area contributed by atoms with Gasteiger partial charge in [-0.3, -0.25) is 14.9 Å². The van der Waals surface area contributed by atoms with Gasteiger partial charge in [0.2, 0.25) is 0 Å². The van der Waals surface area contributed by atoms with Crippen LogP contribution in [0.5, 0.6) is 11.5 Å². The lowest BCUT2D eigenvalue weighted by Gasteiger charge is -2.14. The third-order valence-corrected chi connectivity index (χ3v) is 3.69. The molecule has 2 aromatic carbocycles. The van der Waals surface area contributed by atoms with E-state index in [9.17, 15) is 25.1 Å². The number of ether oxygens (including phenoxy) is 1. The molecular formula is C18H19NO6. The number of hydrogen-bond donors (Lipinski definition) is 2. The first-order valence-corrected chi connectivity index (χ1v) is 7.84. The van der Waals surface area contributed by atoms with Gasteiger partial charge in [0.1, 0.15) is 5.75 Å². The van der Waals surface area contributed by atoms with E-state index in [0.717, 1.165) is 6.42 Å². The predicted molar refractivity (Wildman–Crippen MR) is 91.1 cm³/mol. The van der Waals surface area contributed by atoms with Gasteiger partial charge >= 0.3 is 11.7 Å². The molecule has 0 aliphatic rings. The van der Waals surface area contributed by atoms with Crippen molar-refractivity contribution in [3.63, 3.8) is 0 Å². The molecule has 0 spiro atoms. The summed E-state index contributed by atoms with van der Waals surface area (Å²) in [7, 11) is 0. The van der Waals surface area contributed by atoms with Crippen LogP contribution >= 0.6 is 0 Å². The van der Waals surface area contributed by atoms with Crippen molar-refractivity contribution in [3.8, 4) is 11.5 Å². The summed E-state index contributed by atoms with van der Waals surface area (Å²) in [5.41, 5.74) is 0.749. The second kappa shape index (κ2) is 8.14. The van der Waals surface area contributed by atoms with Gasteiger partial charge in [0.15, 0.2) is 5.75 Å². The minimum atomic E-state index is -1.07. The Kier molecular flexibility index (Phi) is 5.94. The highest BCUT2D eigenvalue weighted by Gasteiger charge is 2.23. The van der Waals surface area contributed by atoms with Gasteiger partial charge in [-0.05, 0) is 42.2 Å². The molecule has 0 aliphatic carbocycles. The van der Waals surface area contributed by atoms with Gasteiger partial charge in [-0.1, -0.05) is 25.1 Å². The van der Waals surface area contributed by atoms with Gasteiger partial charge < -0.3 is 14.9 Å². The molecule has 132 valence electrons. The lowest BCUT2D eigenvalue weighted by molar-refractivity contribution is -0.385. The SMILES string of the molecule is CCCOc1ccc(CC(C(=O)O)c2cccc(O)c2)cc1[N+](=O)[O-]. The van der Waals surface area contributed by atoms with Gasteiger partial charge in [-0.25, -0.2) is 0 Å². The van der Waals surface area contributed by atoms with Crippen LogP contribution in [0.1, 0.15) is 30.4 Å². The Bertz CT molecular complexity index is 774. The van der Waals surface area contributed by atoms with E-state index in [0.29, 0.717) is 17.7 Å². The minimum absolute atomic E-state index is 0.0296. The Labute approximate surface area is 144 Å². The maximum absolute atomic E-state index is 11.6. The van der Waals surface area contributed by atoms with Crippen LogP contribution in [0.25, 0.3) is 0 Å². The van der Waals surface area contributed by atoms with E-state index in [1.54, 1.807) is 18.2 Å². The first-order chi connectivity index (χ1) is 11.9. The number of phenolic OH excluding ortho intramolecular Hbond substituents is 1. The zero-order valence-electron chi connectivity index (χ0n) is 13.7. The predicted octanol–water partition coefficient (Wildman–Crippen LogP) is 3.50. The number of carboxylic acid groups (broad SMARTS) is 1. The third-order valence-electron chi connectivity index (χ3n) is 3.69. The number of carbonyl (C=O) groups is 1. The molecule has 0 amide bonds. The van der Waals surface area contributed by atoms with Gasteiger partial charge in [0.25, 0.3) is 0 Å². The van der Waals surface area contributed by atoms with E-state index in [4.69, 9.17) is 4.74 Å². The summed E-state index contributed by atoms with van der Waals surface area (Å²) < 4.78 is 5.36. The van der Waals surface area contributed by atoms with E-state index in [1.807, 2.05) is 6.92 Å². The minimum Gasteiger partial charge on any atom is -0.508 e. The first kappa shape index (κ1) is 18.3. The van der Waals surface area contributed by atoms with Gasteiger partial charge in [0, 0.05) is 6.07 Å². The Morgan fingerprint density at radius 3 is 2.64 bits per heavy atom. The molecular weight excluding hydrogens is 326 g/mol. The number of nitro benzene ring substituents is 1. The fourth-order valence-corrected chi connectivity index (χ4v) is 2.49. The lowest BCUT2D eigenvalue weighted by Crippen LogP contribution is -2.14. The fourth-order valence-electron chi connectivity index (χ4n) is 2.49.